The van der Waals surface area contributed by atoms with Crippen LogP contribution in [0.25, 0.3) is 17.1 Å². The van der Waals surface area contributed by atoms with Gasteiger partial charge >= 0.3 is 23.9 Å². The van der Waals surface area contributed by atoms with Crippen molar-refractivity contribution in [3.8, 4) is 0 Å². The van der Waals surface area contributed by atoms with Crippen molar-refractivity contribution in [3.05, 3.63) is 29.8 Å². The van der Waals surface area contributed by atoms with Crippen molar-refractivity contribution < 1.29 is 81.4 Å². The first-order chi connectivity index (χ1) is 34.2. The molecular weight excluding hydrogens is 941 g/mol. The van der Waals surface area contributed by atoms with E-state index in [4.69, 9.17) is 47.3 Å². The molecule has 3 fully saturated rings. The second-order valence-electron chi connectivity index (χ2n) is 19.9. The molecule has 4 heterocycles. The van der Waals surface area contributed by atoms with E-state index in [1.54, 1.807) is 59.7 Å². The number of ether oxygens (including phenoxy) is 9. The Bertz CT molecular complexity index is 2100. The molecule has 72 heavy (non-hydrogen) atoms. The summed E-state index contributed by atoms with van der Waals surface area (Å²) in [6.07, 6.45) is -6.74. The van der Waals surface area contributed by atoms with Crippen LogP contribution in [0.1, 0.15) is 112 Å². The Labute approximate surface area is 422 Å². The number of hydrogen-bond donors (Lipinski definition) is 2. The maximum absolute atomic E-state index is 14.1. The van der Waals surface area contributed by atoms with Gasteiger partial charge in [0.15, 0.2) is 24.3 Å². The van der Waals surface area contributed by atoms with Crippen LogP contribution < -0.4 is 0 Å². The van der Waals surface area contributed by atoms with Crippen molar-refractivity contribution in [2.24, 2.45) is 11.8 Å². The van der Waals surface area contributed by atoms with E-state index in [0.29, 0.717) is 43.4 Å². The molecule has 0 bridgehead atoms. The number of aromatic nitrogens is 2. The van der Waals surface area contributed by atoms with Crippen molar-refractivity contribution in [1.29, 1.82) is 0 Å². The average molecular weight is 1020 g/mol. The highest BCUT2D eigenvalue weighted by molar-refractivity contribution is 5.76. The minimum atomic E-state index is -1.45. The van der Waals surface area contributed by atoms with Gasteiger partial charge in [-0.3, -0.25) is 19.2 Å². The lowest BCUT2D eigenvalue weighted by atomic mass is 9.82. The van der Waals surface area contributed by atoms with E-state index in [1.807, 2.05) is 43.2 Å². The monoisotopic (exact) mass is 1020 g/mol. The molecule has 1 aromatic heterocycles. The Morgan fingerprint density at radius 2 is 1.67 bits per heavy atom. The Balaban J connectivity index is 1.46. The fraction of sp³-hybridized carbons (Fsp3) is 0.745. The number of carbonyl (C=O) groups is 5. The zero-order valence-electron chi connectivity index (χ0n) is 43.7. The van der Waals surface area contributed by atoms with Gasteiger partial charge in [0.05, 0.1) is 36.9 Å². The van der Waals surface area contributed by atoms with Gasteiger partial charge in [0.2, 0.25) is 0 Å². The van der Waals surface area contributed by atoms with Crippen LogP contribution in [-0.4, -0.2) is 187 Å². The molecule has 0 amide bonds. The van der Waals surface area contributed by atoms with E-state index in [0.717, 1.165) is 11.8 Å². The van der Waals surface area contributed by atoms with Crippen LogP contribution in [0.5, 0.6) is 0 Å². The molecule has 0 saturated carbocycles. The first kappa shape index (κ1) is 58.4. The number of benzene rings is 1. The summed E-state index contributed by atoms with van der Waals surface area (Å²) in [6.45, 7) is 12.4. The van der Waals surface area contributed by atoms with Gasteiger partial charge in [-0.15, -0.1) is 0 Å². The summed E-state index contributed by atoms with van der Waals surface area (Å²) >= 11 is 0. The van der Waals surface area contributed by atoms with E-state index < -0.39 is 127 Å². The summed E-state index contributed by atoms with van der Waals surface area (Å²) in [6, 6.07) is 4.66. The number of hydrogen-bond acceptors (Lipinski definition) is 21. The third kappa shape index (κ3) is 15.8. The molecule has 21 heteroatoms. The van der Waals surface area contributed by atoms with Gasteiger partial charge in [-0.05, 0) is 108 Å². The highest BCUT2D eigenvalue weighted by Gasteiger charge is 2.54. The first-order valence-electron chi connectivity index (χ1n) is 25.2. The number of rotatable bonds is 16. The lowest BCUT2D eigenvalue weighted by molar-refractivity contribution is -0.344. The van der Waals surface area contributed by atoms with Crippen LogP contribution in [-0.2, 0) is 66.6 Å². The van der Waals surface area contributed by atoms with Crippen LogP contribution in [0.15, 0.2) is 28.9 Å². The summed E-state index contributed by atoms with van der Waals surface area (Å²) in [5.41, 5.74) is 0.724. The molecule has 404 valence electrons. The standard InChI is InChI=1S/C51H78N4O17/c1-12-40(59)67-39-26-42(61)66-35(17-14-16-33-19-20-36-37(25-33)53-72-52-36)18-15-22-55(10)28-38(58)29(3)24-34(21-23-56)47(48(39)63-11)70-50-45(62)44(54(8)9)46(30(4)65-50)69-43-27-51(7,71-32(6)57)49(31(5)64-43)68-41(60)13-2/h14,16,19-20,23,25,29-31,34-35,38-39,43-50,58,62H,12-13,15,17-18,21-22,24,26-28H2,1-11H3/b16-14+/t29-,30?,31?,34+,35+,38+,39-,43+,44?,45?,46+,47+,48+,49+,50+,51?/m1/s1. The molecule has 16 atom stereocenters. The smallest absolute Gasteiger partial charge is 0.309 e. The molecule has 3 aliphatic heterocycles. The quantitative estimate of drug-likeness (QED) is 0.136. The van der Waals surface area contributed by atoms with Gasteiger partial charge in [-0.25, -0.2) is 4.63 Å². The third-order valence-electron chi connectivity index (χ3n) is 13.8. The van der Waals surface area contributed by atoms with E-state index >= 15 is 0 Å². The molecule has 1 aromatic carbocycles. The summed E-state index contributed by atoms with van der Waals surface area (Å²) in [4.78, 5) is 68.6. The molecule has 5 unspecified atom stereocenters. The molecule has 0 spiro atoms. The van der Waals surface area contributed by atoms with Crippen LogP contribution in [0.3, 0.4) is 0 Å². The SMILES string of the molecule is CCC(=O)O[C@@H]1CC(=O)O[C@@H](C/C=C/c2ccc3nonc3c2)CCCN(C)C[C@H](O)[C@H](C)C[C@H](CC=O)[C@H](O[C@@H]2OC(C)[C@H](O[C@H]3CC(C)(OC(C)=O)[C@@H](OC(=O)CC)C(C)O3)C(N(C)C)C2O)[C@H]1OC. The normalized spacial score (nSPS) is 34.9. The number of likely N-dealkylation sites (N-methyl/N-ethyl adjacent to an activating group) is 2. The van der Waals surface area contributed by atoms with Crippen LogP contribution >= 0.6 is 0 Å². The summed E-state index contributed by atoms with van der Waals surface area (Å²) < 4.78 is 60.8. The number of aldehydes is 1. The van der Waals surface area contributed by atoms with Crippen molar-refractivity contribution >= 4 is 47.3 Å². The Morgan fingerprint density at radius 3 is 2.33 bits per heavy atom. The second kappa shape index (κ2) is 27.2. The van der Waals surface area contributed by atoms with E-state index in [9.17, 15) is 34.2 Å². The number of aliphatic hydroxyl groups is 2. The summed E-state index contributed by atoms with van der Waals surface area (Å²) in [5.74, 6) is -3.51. The van der Waals surface area contributed by atoms with Crippen LogP contribution in [0.2, 0.25) is 0 Å². The fourth-order valence-electron chi connectivity index (χ4n) is 10.1. The zero-order chi connectivity index (χ0) is 52.9. The largest absolute Gasteiger partial charge is 0.462 e. The molecule has 3 saturated heterocycles. The molecule has 2 aromatic rings. The number of esters is 4. The number of carbonyl (C=O) groups excluding carboxylic acids is 5. The lowest BCUT2D eigenvalue weighted by Gasteiger charge is -2.50. The number of fused-ring (bicyclic) bond motifs is 1. The molecule has 3 aliphatic rings. The molecule has 2 N–H and O–H groups in total. The predicted molar refractivity (Wildman–Crippen MR) is 258 cm³/mol. The predicted octanol–water partition coefficient (Wildman–Crippen LogP) is 4.17. The Hall–Kier alpha value is -4.45. The van der Waals surface area contributed by atoms with Gasteiger partial charge in [0.25, 0.3) is 0 Å². The Kier molecular flexibility index (Phi) is 22.1. The number of methoxy groups -OCH3 is 1. The minimum absolute atomic E-state index is 0.0279. The molecule has 21 nitrogen and oxygen atoms in total. The van der Waals surface area contributed by atoms with Crippen molar-refractivity contribution in [2.75, 3.05) is 41.3 Å². The van der Waals surface area contributed by atoms with Gasteiger partial charge in [0, 0.05) is 52.7 Å². The summed E-state index contributed by atoms with van der Waals surface area (Å²) in [7, 11) is 6.77. The molecule has 0 radical (unpaired) electrons. The number of cyclic esters (lactones) is 1. The third-order valence-corrected chi connectivity index (χ3v) is 13.8. The van der Waals surface area contributed by atoms with E-state index in [1.165, 1.54) is 14.0 Å². The van der Waals surface area contributed by atoms with Crippen LogP contribution in [0, 0.1) is 11.8 Å². The average Bonchev–Trinajstić information content (AvgIpc) is 3.78. The fourth-order valence-corrected chi connectivity index (χ4v) is 10.1. The first-order valence-corrected chi connectivity index (χ1v) is 25.2. The lowest BCUT2D eigenvalue weighted by Crippen LogP contribution is -2.66. The van der Waals surface area contributed by atoms with Gasteiger partial charge < -0.3 is 67.4 Å². The van der Waals surface area contributed by atoms with E-state index in [-0.39, 0.29) is 32.1 Å². The van der Waals surface area contributed by atoms with Gasteiger partial charge in [0.1, 0.15) is 47.8 Å². The maximum atomic E-state index is 14.1. The number of aliphatic hydroxyl groups excluding tert-OH is 2. The highest BCUT2D eigenvalue weighted by atomic mass is 16.7. The maximum Gasteiger partial charge on any atom is 0.309 e. The topological polar surface area (TPSA) is 254 Å². The molecule has 5 rings (SSSR count). The molecule has 0 aliphatic carbocycles. The van der Waals surface area contributed by atoms with Crippen molar-refractivity contribution in [2.45, 2.75) is 192 Å². The van der Waals surface area contributed by atoms with Gasteiger partial charge in [-0.1, -0.05) is 39.0 Å². The molecular formula is C51H78N4O17. The summed E-state index contributed by atoms with van der Waals surface area (Å²) in [5, 5.41) is 31.8. The van der Waals surface area contributed by atoms with Crippen LogP contribution in [0.4, 0.5) is 0 Å². The number of β-amino-alcohol motifs (C(OH)–C–C–N with tert-alkyl or cyclic N) is 1. The van der Waals surface area contributed by atoms with Crippen molar-refractivity contribution in [1.82, 2.24) is 20.1 Å². The number of nitrogens with zero attached hydrogens (tertiary/aromatic N) is 4. The Morgan fingerprint density at radius 1 is 0.958 bits per heavy atom. The van der Waals surface area contributed by atoms with Gasteiger partial charge in [-0.2, -0.15) is 0 Å². The van der Waals surface area contributed by atoms with Crippen molar-refractivity contribution in [3.63, 3.8) is 0 Å². The minimum Gasteiger partial charge on any atom is -0.462 e. The zero-order valence-corrected chi connectivity index (χ0v) is 43.7. The second-order valence-corrected chi connectivity index (χ2v) is 19.9. The highest BCUT2D eigenvalue weighted by Crippen LogP contribution is 2.39. The van der Waals surface area contributed by atoms with E-state index in [2.05, 4.69) is 10.3 Å².